The molecule has 0 aromatic rings. The summed E-state index contributed by atoms with van der Waals surface area (Å²) in [7, 11) is 0. The smallest absolute Gasteiger partial charge is 0.303 e. The Morgan fingerprint density at radius 2 is 1.90 bits per heavy atom. The van der Waals surface area contributed by atoms with E-state index in [2.05, 4.69) is 0 Å². The molecule has 0 amide bonds. The van der Waals surface area contributed by atoms with Crippen molar-refractivity contribution < 1.29 is 28.6 Å². The number of hydrogen-bond donors (Lipinski definition) is 1. The Kier molecular flexibility index (Phi) is 5.41. The van der Waals surface area contributed by atoms with Gasteiger partial charge in [0, 0.05) is 36.5 Å². The Morgan fingerprint density at radius 1 is 1.23 bits per heavy atom. The van der Waals surface area contributed by atoms with Gasteiger partial charge in [0.2, 0.25) is 0 Å². The number of hydrogen-bond acceptors (Lipinski definition) is 5. The van der Waals surface area contributed by atoms with Crippen molar-refractivity contribution in [3.8, 4) is 0 Å². The number of rotatable bonds is 3. The molecule has 4 aliphatic rings. The topological polar surface area (TPSA) is 80.7 Å². The SMILES string of the molecule is CC(=O)O[C@]1(C(=O)CCl)[C@@H](C)C[C@H]2[C@@H]3CC[C@@H]4CC(=O)CC[C@]4(C)[C@@]3(F)[C@@H](O)C[C@@]21C. The van der Waals surface area contributed by atoms with E-state index in [9.17, 15) is 19.5 Å². The summed E-state index contributed by atoms with van der Waals surface area (Å²) < 4.78 is 23.0. The van der Waals surface area contributed by atoms with Crippen molar-refractivity contribution in [2.75, 3.05) is 5.88 Å². The third-order valence-corrected chi connectivity index (χ3v) is 10.2. The molecular weight excluding hydrogens is 423 g/mol. The molecule has 174 valence electrons. The van der Waals surface area contributed by atoms with Crippen LogP contribution in [0.2, 0.25) is 0 Å². The molecule has 1 N–H and O–H groups in total. The second kappa shape index (κ2) is 7.24. The molecule has 4 saturated carbocycles. The molecule has 0 unspecified atom stereocenters. The lowest BCUT2D eigenvalue weighted by molar-refractivity contribution is -0.256. The van der Waals surface area contributed by atoms with Gasteiger partial charge in [-0.05, 0) is 49.9 Å². The number of Topliss-reactive ketones (excluding diaryl/α,β-unsaturated/α-hetero) is 2. The molecule has 7 heteroatoms. The zero-order valence-corrected chi connectivity index (χ0v) is 19.6. The first-order chi connectivity index (χ1) is 14.4. The molecule has 4 aliphatic carbocycles. The minimum Gasteiger partial charge on any atom is -0.450 e. The molecule has 0 aromatic carbocycles. The molecule has 0 saturated heterocycles. The van der Waals surface area contributed by atoms with Gasteiger partial charge in [-0.1, -0.05) is 20.8 Å². The fourth-order valence-electron chi connectivity index (χ4n) is 8.57. The van der Waals surface area contributed by atoms with Crippen LogP contribution < -0.4 is 0 Å². The number of halogens is 2. The molecule has 0 aliphatic heterocycles. The second-order valence-electron chi connectivity index (χ2n) is 11.1. The van der Waals surface area contributed by atoms with Crippen LogP contribution in [-0.4, -0.2) is 45.9 Å². The summed E-state index contributed by atoms with van der Waals surface area (Å²) in [5.74, 6) is -2.15. The van der Waals surface area contributed by atoms with E-state index in [0.717, 1.165) is 6.42 Å². The first-order valence-electron chi connectivity index (χ1n) is 11.6. The van der Waals surface area contributed by atoms with Crippen LogP contribution in [0.4, 0.5) is 4.39 Å². The molecule has 0 radical (unpaired) electrons. The Hall–Kier alpha value is -1.01. The monoisotopic (exact) mass is 456 g/mol. The van der Waals surface area contributed by atoms with Crippen LogP contribution in [0, 0.1) is 34.5 Å². The highest BCUT2D eigenvalue weighted by Crippen LogP contribution is 2.72. The van der Waals surface area contributed by atoms with E-state index in [4.69, 9.17) is 16.3 Å². The number of carbonyl (C=O) groups excluding carboxylic acids is 3. The molecule has 31 heavy (non-hydrogen) atoms. The highest BCUT2D eigenvalue weighted by molar-refractivity contribution is 6.29. The van der Waals surface area contributed by atoms with E-state index >= 15 is 4.39 Å². The zero-order chi connectivity index (χ0) is 23.0. The van der Waals surface area contributed by atoms with Gasteiger partial charge in [0.25, 0.3) is 0 Å². The fourth-order valence-corrected chi connectivity index (χ4v) is 8.77. The average molecular weight is 457 g/mol. The summed E-state index contributed by atoms with van der Waals surface area (Å²) in [6.45, 7) is 6.92. The van der Waals surface area contributed by atoms with E-state index in [1.165, 1.54) is 6.92 Å². The Morgan fingerprint density at radius 3 is 2.52 bits per heavy atom. The Bertz CT molecular complexity index is 818. The molecule has 0 heterocycles. The minimum absolute atomic E-state index is 0.0289. The van der Waals surface area contributed by atoms with Crippen molar-refractivity contribution in [1.82, 2.24) is 0 Å². The van der Waals surface area contributed by atoms with Crippen LogP contribution in [0.25, 0.3) is 0 Å². The maximum atomic E-state index is 17.2. The van der Waals surface area contributed by atoms with Crippen molar-refractivity contribution in [2.45, 2.75) is 90.0 Å². The van der Waals surface area contributed by atoms with Gasteiger partial charge < -0.3 is 9.84 Å². The molecule has 0 bridgehead atoms. The highest BCUT2D eigenvalue weighted by Gasteiger charge is 2.77. The summed E-state index contributed by atoms with van der Waals surface area (Å²) >= 11 is 5.98. The molecule has 0 aromatic heterocycles. The minimum atomic E-state index is -1.84. The Balaban J connectivity index is 1.82. The fraction of sp³-hybridized carbons (Fsp3) is 0.875. The van der Waals surface area contributed by atoms with Gasteiger partial charge in [-0.2, -0.15) is 0 Å². The number of aliphatic hydroxyl groups is 1. The van der Waals surface area contributed by atoms with Gasteiger partial charge in [-0.3, -0.25) is 14.4 Å². The third kappa shape index (κ3) is 2.73. The van der Waals surface area contributed by atoms with Crippen LogP contribution in [0.5, 0.6) is 0 Å². The average Bonchev–Trinajstić information content (AvgIpc) is 2.90. The summed E-state index contributed by atoms with van der Waals surface area (Å²) in [6, 6.07) is 0. The van der Waals surface area contributed by atoms with Crippen molar-refractivity contribution in [1.29, 1.82) is 0 Å². The third-order valence-electron chi connectivity index (χ3n) is 9.94. The lowest BCUT2D eigenvalue weighted by atomic mass is 9.42. The summed E-state index contributed by atoms with van der Waals surface area (Å²) in [5, 5.41) is 11.4. The Labute approximate surface area is 188 Å². The molecule has 9 atom stereocenters. The quantitative estimate of drug-likeness (QED) is 0.512. The number of alkyl halides is 2. The van der Waals surface area contributed by atoms with Gasteiger partial charge in [0.05, 0.1) is 12.0 Å². The van der Waals surface area contributed by atoms with Crippen molar-refractivity contribution in [2.24, 2.45) is 34.5 Å². The zero-order valence-electron chi connectivity index (χ0n) is 18.9. The van der Waals surface area contributed by atoms with Gasteiger partial charge in [-0.15, -0.1) is 11.6 Å². The second-order valence-corrected chi connectivity index (χ2v) is 11.3. The maximum absolute atomic E-state index is 17.2. The number of carbonyl (C=O) groups is 3. The summed E-state index contributed by atoms with van der Waals surface area (Å²) in [5.41, 5.74) is -4.99. The molecule has 0 spiro atoms. The van der Waals surface area contributed by atoms with E-state index in [1.54, 1.807) is 0 Å². The predicted molar refractivity (Wildman–Crippen MR) is 113 cm³/mol. The van der Waals surface area contributed by atoms with E-state index in [-0.39, 0.29) is 41.6 Å². The van der Waals surface area contributed by atoms with Crippen molar-refractivity contribution >= 4 is 29.1 Å². The van der Waals surface area contributed by atoms with Crippen LogP contribution in [0.3, 0.4) is 0 Å². The molecule has 4 fully saturated rings. The largest absolute Gasteiger partial charge is 0.450 e. The number of esters is 1. The maximum Gasteiger partial charge on any atom is 0.303 e. The molecule has 5 nitrogen and oxygen atoms in total. The number of ketones is 2. The first kappa shape index (κ1) is 23.2. The predicted octanol–water partition coefficient (Wildman–Crippen LogP) is 4.02. The van der Waals surface area contributed by atoms with Crippen LogP contribution in [0.1, 0.15) is 72.6 Å². The van der Waals surface area contributed by atoms with Gasteiger partial charge >= 0.3 is 5.97 Å². The number of ether oxygens (including phenoxy) is 1. The van der Waals surface area contributed by atoms with Crippen molar-refractivity contribution in [3.05, 3.63) is 0 Å². The van der Waals surface area contributed by atoms with E-state index in [1.807, 2.05) is 20.8 Å². The van der Waals surface area contributed by atoms with Gasteiger partial charge in [0.1, 0.15) is 11.5 Å². The molecule has 4 rings (SSSR count). The normalized spacial score (nSPS) is 51.5. The van der Waals surface area contributed by atoms with Crippen LogP contribution in [0.15, 0.2) is 0 Å². The number of aliphatic hydroxyl groups excluding tert-OH is 1. The van der Waals surface area contributed by atoms with Crippen LogP contribution >= 0.6 is 11.6 Å². The summed E-state index contributed by atoms with van der Waals surface area (Å²) in [6.07, 6.45) is 1.71. The number of fused-ring (bicyclic) bond motifs is 5. The first-order valence-corrected chi connectivity index (χ1v) is 12.1. The lowest BCUT2D eigenvalue weighted by Crippen LogP contribution is -2.71. The van der Waals surface area contributed by atoms with Gasteiger partial charge in [-0.25, -0.2) is 4.39 Å². The summed E-state index contributed by atoms with van der Waals surface area (Å²) in [4.78, 5) is 37.4. The molecular formula is C24H34ClFO5. The highest BCUT2D eigenvalue weighted by atomic mass is 35.5. The standard InChI is InChI=1S/C24H34ClFO5/c1-13-9-18-17-6-5-15-10-16(28)7-8-21(15,3)23(17,26)19(29)11-22(18,4)24(13,20(30)12-25)31-14(2)27/h13,15,17-19,29H,5-12H2,1-4H3/t13-,15+,17-,18-,19-,21-,22-,23-,24-/m0/s1. The van der Waals surface area contributed by atoms with Crippen molar-refractivity contribution in [3.63, 3.8) is 0 Å². The van der Waals surface area contributed by atoms with E-state index < -0.39 is 40.1 Å². The van der Waals surface area contributed by atoms with Gasteiger partial charge in [0.15, 0.2) is 11.4 Å². The lowest BCUT2D eigenvalue weighted by Gasteiger charge is -2.65. The van der Waals surface area contributed by atoms with E-state index in [0.29, 0.717) is 32.1 Å². The van der Waals surface area contributed by atoms with Crippen LogP contribution in [-0.2, 0) is 19.1 Å².